The number of amides is 1. The molecule has 0 aliphatic carbocycles. The van der Waals surface area contributed by atoms with E-state index in [0.29, 0.717) is 36.2 Å². The number of aromatic nitrogens is 2. The molecule has 0 saturated carbocycles. The lowest BCUT2D eigenvalue weighted by atomic mass is 10.2. The summed E-state index contributed by atoms with van der Waals surface area (Å²) in [7, 11) is 1.58. The number of nitro benzene ring substituents is 1. The molecule has 9 nitrogen and oxygen atoms in total. The Hall–Kier alpha value is -4.40. The van der Waals surface area contributed by atoms with Crippen molar-refractivity contribution in [2.75, 3.05) is 19.0 Å². The number of anilines is 1. The van der Waals surface area contributed by atoms with E-state index >= 15 is 0 Å². The van der Waals surface area contributed by atoms with Crippen LogP contribution in [0.25, 0.3) is 11.0 Å². The van der Waals surface area contributed by atoms with E-state index in [0.717, 1.165) is 11.0 Å². The van der Waals surface area contributed by atoms with Crippen LogP contribution in [0, 0.1) is 10.1 Å². The van der Waals surface area contributed by atoms with Crippen LogP contribution in [-0.4, -0.2) is 34.1 Å². The Morgan fingerprint density at radius 1 is 1.03 bits per heavy atom. The van der Waals surface area contributed by atoms with Crippen molar-refractivity contribution in [3.05, 3.63) is 88.5 Å². The smallest absolute Gasteiger partial charge is 0.269 e. The van der Waals surface area contributed by atoms with E-state index in [-0.39, 0.29) is 5.69 Å². The molecule has 0 aliphatic rings. The number of ether oxygens (including phenoxy) is 2. The number of methoxy groups -OCH3 is 1. The Labute approximate surface area is 183 Å². The first-order valence-electron chi connectivity index (χ1n) is 9.83. The molecule has 0 bridgehead atoms. The molecule has 0 radical (unpaired) electrons. The van der Waals surface area contributed by atoms with Gasteiger partial charge in [-0.15, -0.1) is 0 Å². The van der Waals surface area contributed by atoms with Crippen LogP contribution in [0.2, 0.25) is 0 Å². The average molecular weight is 432 g/mol. The number of para-hydroxylation sites is 4. The Morgan fingerprint density at radius 2 is 1.72 bits per heavy atom. The van der Waals surface area contributed by atoms with E-state index in [1.54, 1.807) is 7.11 Å². The molecule has 162 valence electrons. The molecule has 1 N–H and O–H groups in total. The van der Waals surface area contributed by atoms with E-state index in [1.807, 2.05) is 53.1 Å². The minimum atomic E-state index is -0.511. The maximum atomic E-state index is 12.7. The number of hydrogen-bond donors (Lipinski definition) is 1. The first-order valence-corrected chi connectivity index (χ1v) is 9.83. The van der Waals surface area contributed by atoms with E-state index < -0.39 is 10.8 Å². The van der Waals surface area contributed by atoms with Crippen LogP contribution in [0.15, 0.2) is 72.8 Å². The van der Waals surface area contributed by atoms with Crippen molar-refractivity contribution in [1.29, 1.82) is 0 Å². The Balaban J connectivity index is 1.54. The molecule has 9 heteroatoms. The molecule has 0 atom stereocenters. The summed E-state index contributed by atoms with van der Waals surface area (Å²) in [6.45, 7) is 0.746. The molecule has 0 aliphatic heterocycles. The van der Waals surface area contributed by atoms with Crippen LogP contribution < -0.4 is 14.8 Å². The van der Waals surface area contributed by atoms with Crippen LogP contribution in [0.3, 0.4) is 0 Å². The van der Waals surface area contributed by atoms with Gasteiger partial charge < -0.3 is 14.0 Å². The SMILES string of the molecule is COc1ccccc1OCCn1c(NC(=O)c2ccc([N+](=O)[O-])cc2)nc2ccccc21. The molecule has 0 fully saturated rings. The van der Waals surface area contributed by atoms with Crippen molar-refractivity contribution in [1.82, 2.24) is 9.55 Å². The number of carbonyl (C=O) groups excluding carboxylic acids is 1. The van der Waals surface area contributed by atoms with Crippen LogP contribution >= 0.6 is 0 Å². The molecule has 3 aromatic carbocycles. The highest BCUT2D eigenvalue weighted by molar-refractivity contribution is 6.04. The van der Waals surface area contributed by atoms with Crippen LogP contribution in [0.1, 0.15) is 10.4 Å². The molecule has 4 aromatic rings. The van der Waals surface area contributed by atoms with Gasteiger partial charge in [-0.3, -0.25) is 20.2 Å². The highest BCUT2D eigenvalue weighted by Gasteiger charge is 2.16. The highest BCUT2D eigenvalue weighted by atomic mass is 16.6. The third kappa shape index (κ3) is 4.36. The Morgan fingerprint density at radius 3 is 2.44 bits per heavy atom. The number of nitrogens with one attached hydrogen (secondary N) is 1. The summed E-state index contributed by atoms with van der Waals surface area (Å²) in [5, 5.41) is 13.6. The van der Waals surface area contributed by atoms with Gasteiger partial charge in [0.05, 0.1) is 29.6 Å². The number of hydrogen-bond acceptors (Lipinski definition) is 6. The first-order chi connectivity index (χ1) is 15.6. The number of benzene rings is 3. The zero-order chi connectivity index (χ0) is 22.5. The Bertz CT molecular complexity index is 1270. The van der Waals surface area contributed by atoms with Crippen molar-refractivity contribution in [3.8, 4) is 11.5 Å². The number of imidazole rings is 1. The molecule has 1 heterocycles. The van der Waals surface area contributed by atoms with Gasteiger partial charge in [0.1, 0.15) is 6.61 Å². The topological polar surface area (TPSA) is 109 Å². The lowest BCUT2D eigenvalue weighted by molar-refractivity contribution is -0.384. The van der Waals surface area contributed by atoms with Crippen LogP contribution in [-0.2, 0) is 6.54 Å². The number of carbonyl (C=O) groups is 1. The lowest BCUT2D eigenvalue weighted by Gasteiger charge is -2.13. The summed E-state index contributed by atoms with van der Waals surface area (Å²) >= 11 is 0. The summed E-state index contributed by atoms with van der Waals surface area (Å²) in [6, 6.07) is 20.3. The zero-order valence-electron chi connectivity index (χ0n) is 17.2. The van der Waals surface area contributed by atoms with Gasteiger partial charge in [0.15, 0.2) is 11.5 Å². The van der Waals surface area contributed by atoms with Gasteiger partial charge in [0.2, 0.25) is 5.95 Å². The minimum Gasteiger partial charge on any atom is -0.493 e. The standard InChI is InChI=1S/C23H20N4O5/c1-31-20-8-4-5-9-21(20)32-15-14-26-19-7-3-2-6-18(19)24-23(26)25-22(28)16-10-12-17(13-11-16)27(29)30/h2-13H,14-15H2,1H3,(H,24,25,28). The van der Waals surface area contributed by atoms with Gasteiger partial charge in [-0.2, -0.15) is 0 Å². The second kappa shape index (κ2) is 9.17. The summed E-state index contributed by atoms with van der Waals surface area (Å²) in [4.78, 5) is 27.6. The monoisotopic (exact) mass is 432 g/mol. The second-order valence-electron chi connectivity index (χ2n) is 6.83. The fraction of sp³-hybridized carbons (Fsp3) is 0.130. The van der Waals surface area contributed by atoms with Gasteiger partial charge in [-0.25, -0.2) is 4.98 Å². The van der Waals surface area contributed by atoms with Crippen molar-refractivity contribution in [3.63, 3.8) is 0 Å². The summed E-state index contributed by atoms with van der Waals surface area (Å²) in [5.41, 5.74) is 1.78. The summed E-state index contributed by atoms with van der Waals surface area (Å²) in [5.74, 6) is 1.20. The van der Waals surface area contributed by atoms with Gasteiger partial charge in [-0.05, 0) is 36.4 Å². The van der Waals surface area contributed by atoms with Gasteiger partial charge in [0.25, 0.3) is 11.6 Å². The fourth-order valence-electron chi connectivity index (χ4n) is 3.29. The predicted octanol–water partition coefficient (Wildman–Crippen LogP) is 4.28. The molecule has 0 unspecified atom stereocenters. The quantitative estimate of drug-likeness (QED) is 0.329. The van der Waals surface area contributed by atoms with E-state index in [1.165, 1.54) is 24.3 Å². The number of fused-ring (bicyclic) bond motifs is 1. The maximum Gasteiger partial charge on any atom is 0.269 e. The average Bonchev–Trinajstić information content (AvgIpc) is 3.16. The number of rotatable bonds is 8. The van der Waals surface area contributed by atoms with Crippen molar-refractivity contribution >= 4 is 28.6 Å². The van der Waals surface area contributed by atoms with Crippen LogP contribution in [0.4, 0.5) is 11.6 Å². The molecular weight excluding hydrogens is 412 g/mol. The van der Waals surface area contributed by atoms with Crippen molar-refractivity contribution < 1.29 is 19.2 Å². The molecule has 0 spiro atoms. The van der Waals surface area contributed by atoms with E-state index in [2.05, 4.69) is 10.3 Å². The fourth-order valence-corrected chi connectivity index (χ4v) is 3.29. The first kappa shape index (κ1) is 20.9. The van der Waals surface area contributed by atoms with Gasteiger partial charge in [0, 0.05) is 17.7 Å². The van der Waals surface area contributed by atoms with Crippen LogP contribution in [0.5, 0.6) is 11.5 Å². The molecule has 32 heavy (non-hydrogen) atoms. The van der Waals surface area contributed by atoms with E-state index in [9.17, 15) is 14.9 Å². The number of nitrogens with zero attached hydrogens (tertiary/aromatic N) is 3. The third-order valence-corrected chi connectivity index (χ3v) is 4.86. The number of non-ortho nitro benzene ring substituents is 1. The van der Waals surface area contributed by atoms with Crippen molar-refractivity contribution in [2.45, 2.75) is 6.54 Å². The zero-order valence-corrected chi connectivity index (χ0v) is 17.2. The largest absolute Gasteiger partial charge is 0.493 e. The summed E-state index contributed by atoms with van der Waals surface area (Å²) < 4.78 is 13.0. The van der Waals surface area contributed by atoms with E-state index in [4.69, 9.17) is 9.47 Å². The third-order valence-electron chi connectivity index (χ3n) is 4.86. The maximum absolute atomic E-state index is 12.7. The Kier molecular flexibility index (Phi) is 5.98. The van der Waals surface area contributed by atoms with Crippen molar-refractivity contribution in [2.24, 2.45) is 0 Å². The van der Waals surface area contributed by atoms with Gasteiger partial charge >= 0.3 is 0 Å². The molecule has 4 rings (SSSR count). The molecular formula is C23H20N4O5. The van der Waals surface area contributed by atoms with Gasteiger partial charge in [-0.1, -0.05) is 24.3 Å². The molecule has 1 aromatic heterocycles. The summed E-state index contributed by atoms with van der Waals surface area (Å²) in [6.07, 6.45) is 0. The second-order valence-corrected chi connectivity index (χ2v) is 6.83. The molecule has 1 amide bonds. The minimum absolute atomic E-state index is 0.0812. The normalized spacial score (nSPS) is 10.7. The predicted molar refractivity (Wildman–Crippen MR) is 119 cm³/mol. The lowest BCUT2D eigenvalue weighted by Crippen LogP contribution is -2.18. The highest BCUT2D eigenvalue weighted by Crippen LogP contribution is 2.26. The number of nitro groups is 1. The molecule has 0 saturated heterocycles.